The van der Waals surface area contributed by atoms with Crippen LogP contribution >= 0.6 is 0 Å². The van der Waals surface area contributed by atoms with Crippen molar-refractivity contribution in [3.8, 4) is 68.9 Å². The molecule has 2 N–H and O–H groups in total. The predicted molar refractivity (Wildman–Crippen MR) is 317 cm³/mol. The number of rotatable bonds is 16. The number of ether oxygens (including phenoxy) is 9. The second kappa shape index (κ2) is 25.5. The molecule has 23 nitrogen and oxygen atoms in total. The number of benzene rings is 6. The molecule has 0 atom stereocenters. The third-order valence-electron chi connectivity index (χ3n) is 13.7. The first kappa shape index (κ1) is 58.4. The summed E-state index contributed by atoms with van der Waals surface area (Å²) in [7, 11) is 4.55. The van der Waals surface area contributed by atoms with Crippen molar-refractivity contribution >= 4 is 45.0 Å². The minimum absolute atomic E-state index is 0.134. The minimum atomic E-state index is -0.839. The number of hydrogen-bond acceptors (Lipinski definition) is 17. The molecule has 10 aromatic rings. The highest BCUT2D eigenvalue weighted by Crippen LogP contribution is 2.50. The van der Waals surface area contributed by atoms with Crippen LogP contribution in [0.3, 0.4) is 0 Å². The first-order chi connectivity index (χ1) is 42.7. The zero-order chi connectivity index (χ0) is 61.6. The summed E-state index contributed by atoms with van der Waals surface area (Å²) in [6.45, 7) is 4.10. The van der Waals surface area contributed by atoms with Crippen LogP contribution in [-0.2, 0) is 18.3 Å². The molecule has 12 rings (SSSR count). The summed E-state index contributed by atoms with van der Waals surface area (Å²) < 4.78 is 83.1. The van der Waals surface area contributed by atoms with Gasteiger partial charge in [0.15, 0.2) is 23.0 Å². The molecule has 0 radical (unpaired) electrons. The molecule has 25 heteroatoms. The minimum Gasteiger partial charge on any atom is -0.493 e. The molecule has 0 spiro atoms. The Kier molecular flexibility index (Phi) is 16.9. The van der Waals surface area contributed by atoms with Crippen molar-refractivity contribution in [1.29, 1.82) is 0 Å². The SMILES string of the molecule is CCn1cc(C(=O)Nc2ccc(Oc3ccnc4cc(OC)c5c(c34)OCCO5)cc2)c(=O)n(-c2ccc(F)cc2)c1=O.COCCOc1cc2nccc(Oc3ccc(NC(=O)c4cn(C)c(=O)n(-c5ccc(F)cc5)c4=O)cc3)c2c2c1OCCO2. The number of aromatic nitrogens is 6. The molecule has 2 aliphatic heterocycles. The molecule has 2 amide bonds. The van der Waals surface area contributed by atoms with Gasteiger partial charge in [0.05, 0.1) is 46.9 Å². The number of nitrogens with zero attached hydrogens (tertiary/aromatic N) is 6. The van der Waals surface area contributed by atoms with Crippen molar-refractivity contribution in [2.24, 2.45) is 7.05 Å². The number of anilines is 2. The van der Waals surface area contributed by atoms with Crippen molar-refractivity contribution in [3.63, 3.8) is 0 Å². The van der Waals surface area contributed by atoms with E-state index in [1.54, 1.807) is 106 Å². The van der Waals surface area contributed by atoms with E-state index in [1.165, 1.54) is 42.1 Å². The topological polar surface area (TPSA) is 255 Å². The summed E-state index contributed by atoms with van der Waals surface area (Å²) >= 11 is 0. The van der Waals surface area contributed by atoms with Gasteiger partial charge in [-0.15, -0.1) is 0 Å². The van der Waals surface area contributed by atoms with E-state index in [2.05, 4.69) is 20.6 Å². The third kappa shape index (κ3) is 12.0. The average Bonchev–Trinajstić information content (AvgIpc) is 1.08. The number of methoxy groups -OCH3 is 2. The molecule has 6 heterocycles. The Morgan fingerprint density at radius 1 is 0.545 bits per heavy atom. The number of aryl methyl sites for hydroxylation is 2. The number of halogens is 2. The van der Waals surface area contributed by atoms with Gasteiger partial charge >= 0.3 is 11.4 Å². The fourth-order valence-corrected chi connectivity index (χ4v) is 9.52. The molecular formula is C63H52F2N8O15. The molecule has 4 aromatic heterocycles. The zero-order valence-corrected chi connectivity index (χ0v) is 47.4. The predicted octanol–water partition coefficient (Wildman–Crippen LogP) is 8.60. The molecule has 0 unspecified atom stereocenters. The molecule has 6 aromatic carbocycles. The third-order valence-corrected chi connectivity index (χ3v) is 13.7. The summed E-state index contributed by atoms with van der Waals surface area (Å²) in [5.41, 5.74) is -1.29. The first-order valence-electron chi connectivity index (χ1n) is 27.2. The van der Waals surface area contributed by atoms with Crippen molar-refractivity contribution in [2.75, 3.05) is 64.5 Å². The van der Waals surface area contributed by atoms with Crippen LogP contribution in [0.15, 0.2) is 165 Å². The summed E-state index contributed by atoms with van der Waals surface area (Å²) in [5.74, 6) is 2.24. The van der Waals surface area contributed by atoms with Gasteiger partial charge in [0, 0.05) is 69.0 Å². The maximum absolute atomic E-state index is 13.5. The van der Waals surface area contributed by atoms with Crippen LogP contribution in [0.5, 0.6) is 57.5 Å². The molecule has 0 saturated heterocycles. The van der Waals surface area contributed by atoms with E-state index in [0.717, 1.165) is 44.2 Å². The van der Waals surface area contributed by atoms with Gasteiger partial charge in [-0.3, -0.25) is 33.7 Å². The Morgan fingerprint density at radius 3 is 1.45 bits per heavy atom. The van der Waals surface area contributed by atoms with Crippen LogP contribution in [0.2, 0.25) is 0 Å². The van der Waals surface area contributed by atoms with Crippen LogP contribution in [0.25, 0.3) is 33.2 Å². The van der Waals surface area contributed by atoms with Crippen molar-refractivity contribution in [1.82, 2.24) is 28.2 Å². The highest BCUT2D eigenvalue weighted by Gasteiger charge is 2.27. The standard InChI is InChI=1S/C32H27FN4O8.C31H25FN4O7/c1-36-18-23(31(39)37(32(36)40)21-7-3-19(33)4-8-21)30(38)35-20-5-9-22(10-6-20)45-25-11-12-34-24-17-26(42-14-13-41-2)28-29(27(24)25)44-16-15-43-28;1-3-35-17-22(30(38)36(31(35)39)20-8-4-18(32)5-9-20)29(37)34-19-6-10-21(11-7-19)43-24-12-13-33-23-16-25(40-2)27-28(26(23)24)42-15-14-41-27/h3-12,17-18H,13-16H2,1-2H3,(H,35,38);4-13,16-17H,3,14-15H2,1-2H3,(H,34,37). The van der Waals surface area contributed by atoms with Gasteiger partial charge in [-0.05, 0) is 116 Å². The number of pyridine rings is 2. The Balaban J connectivity index is 0.000000182. The lowest BCUT2D eigenvalue weighted by Crippen LogP contribution is -2.42. The van der Waals surface area contributed by atoms with Crippen molar-refractivity contribution in [3.05, 3.63) is 211 Å². The van der Waals surface area contributed by atoms with E-state index in [-0.39, 0.29) is 29.0 Å². The molecule has 448 valence electrons. The van der Waals surface area contributed by atoms with Gasteiger partial charge in [0.1, 0.15) is 78.8 Å². The van der Waals surface area contributed by atoms with Gasteiger partial charge in [-0.1, -0.05) is 0 Å². The largest absolute Gasteiger partial charge is 0.493 e. The van der Waals surface area contributed by atoms with Gasteiger partial charge < -0.3 is 57.8 Å². The van der Waals surface area contributed by atoms with Crippen LogP contribution in [0.1, 0.15) is 27.6 Å². The first-order valence-corrected chi connectivity index (χ1v) is 27.2. The smallest absolute Gasteiger partial charge is 0.335 e. The molecule has 0 aliphatic carbocycles. The molecule has 2 aliphatic rings. The fraction of sp³-hybridized carbons (Fsp3) is 0.175. The number of amides is 2. The van der Waals surface area contributed by atoms with Crippen LogP contribution in [0.4, 0.5) is 20.2 Å². The van der Waals surface area contributed by atoms with E-state index >= 15 is 0 Å². The highest BCUT2D eigenvalue weighted by atomic mass is 19.1. The van der Waals surface area contributed by atoms with E-state index in [1.807, 2.05) is 0 Å². The van der Waals surface area contributed by atoms with Crippen LogP contribution in [-0.4, -0.2) is 93.9 Å². The maximum atomic E-state index is 13.5. The van der Waals surface area contributed by atoms with E-state index < -0.39 is 45.9 Å². The number of carbonyl (C=O) groups is 2. The second-order valence-electron chi connectivity index (χ2n) is 19.4. The van der Waals surface area contributed by atoms with Gasteiger partial charge in [0.25, 0.3) is 22.9 Å². The number of carbonyl (C=O) groups excluding carboxylic acids is 2. The average molecular weight is 1200 g/mol. The Morgan fingerprint density at radius 2 is 0.989 bits per heavy atom. The van der Waals surface area contributed by atoms with E-state index in [9.17, 15) is 37.5 Å². The molecule has 88 heavy (non-hydrogen) atoms. The van der Waals surface area contributed by atoms with Crippen molar-refractivity contribution < 1.29 is 61.0 Å². The lowest BCUT2D eigenvalue weighted by atomic mass is 10.1. The summed E-state index contributed by atoms with van der Waals surface area (Å²) in [5, 5.41) is 6.59. The normalized spacial score (nSPS) is 12.2. The molecular weight excluding hydrogens is 1150 g/mol. The quantitative estimate of drug-likeness (QED) is 0.0859. The summed E-state index contributed by atoms with van der Waals surface area (Å²) in [6.07, 6.45) is 5.59. The Labute approximate surface area is 497 Å². The van der Waals surface area contributed by atoms with E-state index in [4.69, 9.17) is 42.6 Å². The maximum Gasteiger partial charge on any atom is 0.335 e. The summed E-state index contributed by atoms with van der Waals surface area (Å²) in [6, 6.07) is 29.6. The molecule has 0 fully saturated rings. The highest BCUT2D eigenvalue weighted by molar-refractivity contribution is 6.05. The lowest BCUT2D eigenvalue weighted by molar-refractivity contribution is 0.101. The lowest BCUT2D eigenvalue weighted by Gasteiger charge is -2.23. The Bertz CT molecular complexity index is 4560. The number of fused-ring (bicyclic) bond motifs is 6. The van der Waals surface area contributed by atoms with Crippen molar-refractivity contribution in [2.45, 2.75) is 13.5 Å². The number of nitrogens with one attached hydrogen (secondary N) is 2. The van der Waals surface area contributed by atoms with Gasteiger partial charge in [0.2, 0.25) is 11.5 Å². The van der Waals surface area contributed by atoms with Crippen LogP contribution < -0.4 is 71.0 Å². The molecule has 0 saturated carbocycles. The van der Waals surface area contributed by atoms with Gasteiger partial charge in [-0.25, -0.2) is 27.5 Å². The monoisotopic (exact) mass is 1200 g/mol. The molecule has 0 bridgehead atoms. The second-order valence-corrected chi connectivity index (χ2v) is 19.4. The number of hydrogen-bond donors (Lipinski definition) is 2. The zero-order valence-electron chi connectivity index (χ0n) is 47.4. The van der Waals surface area contributed by atoms with Gasteiger partial charge in [-0.2, -0.15) is 0 Å². The Hall–Kier alpha value is -11.3. The van der Waals surface area contributed by atoms with E-state index in [0.29, 0.717) is 130 Å². The fourth-order valence-electron chi connectivity index (χ4n) is 9.52. The van der Waals surface area contributed by atoms with Crippen LogP contribution in [0, 0.1) is 11.6 Å². The summed E-state index contributed by atoms with van der Waals surface area (Å²) in [4.78, 5) is 87.1.